The maximum Gasteiger partial charge on any atom is 0.460 e. The first-order valence-electron chi connectivity index (χ1n) is 10.8. The van der Waals surface area contributed by atoms with E-state index in [0.717, 1.165) is 0 Å². The highest BCUT2D eigenvalue weighted by atomic mass is 19.4. The summed E-state index contributed by atoms with van der Waals surface area (Å²) in [5.41, 5.74) is 1.71. The second kappa shape index (κ2) is 11.8. The molecule has 23 heteroatoms. The van der Waals surface area contributed by atoms with Crippen LogP contribution in [-0.4, -0.2) is 71.0 Å². The van der Waals surface area contributed by atoms with Crippen molar-refractivity contribution in [3.05, 3.63) is 0 Å². The molecule has 0 aliphatic heterocycles. The second-order valence-corrected chi connectivity index (χ2v) is 9.87. The lowest BCUT2D eigenvalue weighted by Crippen LogP contribution is -2.74. The van der Waals surface area contributed by atoms with E-state index in [0.29, 0.717) is 0 Å². The molecule has 1 atom stereocenters. The Morgan fingerprint density at radius 3 is 1.31 bits per heavy atom. The number of halogens is 17. The minimum atomic E-state index is -8.73. The van der Waals surface area contributed by atoms with Gasteiger partial charge in [0.25, 0.3) is 0 Å². The topological polar surface area (TPSA) is 87.7 Å². The van der Waals surface area contributed by atoms with Crippen molar-refractivity contribution in [3.8, 4) is 0 Å². The number of hydrogen-bond acceptors (Lipinski definition) is 3. The molecular formula is C19H21F17N2O4. The van der Waals surface area contributed by atoms with E-state index < -0.39 is 90.6 Å². The zero-order chi connectivity index (χ0) is 34.2. The first-order valence-corrected chi connectivity index (χ1v) is 10.8. The molecule has 0 aromatic rings. The van der Waals surface area contributed by atoms with Gasteiger partial charge in [-0.3, -0.25) is 0 Å². The molecule has 2 amide bonds. The molecule has 0 aliphatic carbocycles. The number of carbonyl (C=O) groups excluding carboxylic acids is 1. The summed E-state index contributed by atoms with van der Waals surface area (Å²) in [7, 11) is 0. The molecule has 42 heavy (non-hydrogen) atoms. The second-order valence-electron chi connectivity index (χ2n) is 9.87. The summed E-state index contributed by atoms with van der Waals surface area (Å²) in [6.07, 6.45) is -18.9. The van der Waals surface area contributed by atoms with E-state index in [1.54, 1.807) is 0 Å². The molecule has 0 spiro atoms. The van der Waals surface area contributed by atoms with Crippen molar-refractivity contribution in [2.75, 3.05) is 0 Å². The summed E-state index contributed by atoms with van der Waals surface area (Å²) >= 11 is 0. The summed E-state index contributed by atoms with van der Waals surface area (Å²) in [6, 6.07) is 0. The Balaban J connectivity index is 6.37. The minimum absolute atomic E-state index is 0.151. The van der Waals surface area contributed by atoms with Crippen molar-refractivity contribution in [3.63, 3.8) is 0 Å². The third kappa shape index (κ3) is 7.46. The van der Waals surface area contributed by atoms with Gasteiger partial charge >= 0.3 is 59.8 Å². The van der Waals surface area contributed by atoms with E-state index in [-0.39, 0.29) is 6.42 Å². The van der Waals surface area contributed by atoms with E-state index >= 15 is 0 Å². The highest BCUT2D eigenvalue weighted by Crippen LogP contribution is 2.64. The maximum atomic E-state index is 14.2. The van der Waals surface area contributed by atoms with Crippen LogP contribution in [0, 0.1) is 5.41 Å². The smallest absolute Gasteiger partial charge is 0.460 e. The fourth-order valence-corrected chi connectivity index (χ4v) is 2.84. The molecule has 0 bridgehead atoms. The van der Waals surface area contributed by atoms with Crippen LogP contribution in [0.3, 0.4) is 0 Å². The summed E-state index contributed by atoms with van der Waals surface area (Å²) < 4.78 is 232. The largest absolute Gasteiger partial charge is 0.464 e. The highest BCUT2D eigenvalue weighted by molar-refractivity contribution is 5.72. The predicted molar refractivity (Wildman–Crippen MR) is 103 cm³/mol. The quantitative estimate of drug-likeness (QED) is 0.146. The average molecular weight is 664 g/mol. The molecule has 0 saturated carbocycles. The lowest BCUT2D eigenvalue weighted by molar-refractivity contribution is -0.461. The van der Waals surface area contributed by atoms with Crippen molar-refractivity contribution in [1.29, 1.82) is 0 Å². The van der Waals surface area contributed by atoms with Gasteiger partial charge in [-0.15, -0.1) is 0 Å². The van der Waals surface area contributed by atoms with Crippen molar-refractivity contribution in [2.45, 2.75) is 100 Å². The Morgan fingerprint density at radius 2 is 0.952 bits per heavy atom. The first-order chi connectivity index (χ1) is 18.1. The molecule has 0 aromatic carbocycles. The molecule has 0 rings (SSSR count). The van der Waals surface area contributed by atoms with Crippen LogP contribution in [0.1, 0.15) is 46.5 Å². The van der Waals surface area contributed by atoms with Gasteiger partial charge in [-0.25, -0.2) is 20.4 Å². The number of alkyl halides is 17. The van der Waals surface area contributed by atoms with Gasteiger partial charge in [0, 0.05) is 6.42 Å². The summed E-state index contributed by atoms with van der Waals surface area (Å²) in [5.74, 6) is -57.2. The maximum absolute atomic E-state index is 14.2. The SMILES string of the molecule is CC(C)(C)CCC(CCC(F)(F)C(F)(F)C(F)(F)C(F)(F)C(F)(F)C(F)(F)C(F)(F)C(F)(F)F)OC(=O)NNC(=O)O. The fourth-order valence-electron chi connectivity index (χ4n) is 2.84. The standard InChI is InChI=1S/C19H21F17N2O4/c1-11(2,3)6-4-8(42-10(41)38-37-9(39)40)5-7-12(20,21)13(22,23)14(24,25)15(26,27)16(28,29)17(30,31)18(32,33)19(34,35)36/h8,37H,4-7H2,1-3H3,(H,38,41)(H,39,40). The summed E-state index contributed by atoms with van der Waals surface area (Å²) in [5, 5.41) is 8.35. The van der Waals surface area contributed by atoms with E-state index in [1.165, 1.54) is 31.6 Å². The van der Waals surface area contributed by atoms with Gasteiger partial charge in [-0.05, 0) is 24.7 Å². The Labute approximate surface area is 223 Å². The normalized spacial score (nSPS) is 15.7. The number of hydrogen-bond donors (Lipinski definition) is 3. The summed E-state index contributed by atoms with van der Waals surface area (Å²) in [6.45, 7) is 4.42. The molecule has 0 radical (unpaired) electrons. The third-order valence-electron chi connectivity index (χ3n) is 5.33. The minimum Gasteiger partial charge on any atom is -0.464 e. The van der Waals surface area contributed by atoms with E-state index in [2.05, 4.69) is 4.74 Å². The fraction of sp³-hybridized carbons (Fsp3) is 0.895. The van der Waals surface area contributed by atoms with Crippen molar-refractivity contribution >= 4 is 12.2 Å². The molecular weight excluding hydrogens is 643 g/mol. The van der Waals surface area contributed by atoms with Crippen molar-refractivity contribution < 1.29 is 94.1 Å². The Hall–Kier alpha value is -2.65. The lowest BCUT2D eigenvalue weighted by atomic mass is 9.86. The van der Waals surface area contributed by atoms with Crippen LogP contribution in [0.15, 0.2) is 0 Å². The van der Waals surface area contributed by atoms with Crippen LogP contribution < -0.4 is 10.9 Å². The van der Waals surface area contributed by atoms with Gasteiger partial charge in [0.15, 0.2) is 0 Å². The van der Waals surface area contributed by atoms with Crippen LogP contribution in [-0.2, 0) is 4.74 Å². The molecule has 1 unspecified atom stereocenters. The average Bonchev–Trinajstić information content (AvgIpc) is 2.77. The molecule has 0 aromatic heterocycles. The van der Waals surface area contributed by atoms with Gasteiger partial charge in [0.05, 0.1) is 0 Å². The number of amides is 2. The van der Waals surface area contributed by atoms with Gasteiger partial charge in [-0.1, -0.05) is 20.8 Å². The van der Waals surface area contributed by atoms with Gasteiger partial charge < -0.3 is 9.84 Å². The van der Waals surface area contributed by atoms with Crippen LogP contribution in [0.4, 0.5) is 84.2 Å². The van der Waals surface area contributed by atoms with Crippen molar-refractivity contribution in [2.24, 2.45) is 5.41 Å². The summed E-state index contributed by atoms with van der Waals surface area (Å²) in [4.78, 5) is 21.9. The number of nitrogens with one attached hydrogen (secondary N) is 2. The predicted octanol–water partition coefficient (Wildman–Crippen LogP) is 7.88. The van der Waals surface area contributed by atoms with Gasteiger partial charge in [-0.2, -0.15) is 74.6 Å². The van der Waals surface area contributed by atoms with Crippen LogP contribution in [0.25, 0.3) is 0 Å². The number of carbonyl (C=O) groups is 2. The molecule has 0 aliphatic rings. The Bertz CT molecular complexity index is 961. The monoisotopic (exact) mass is 664 g/mol. The molecule has 3 N–H and O–H groups in total. The highest BCUT2D eigenvalue weighted by Gasteiger charge is 2.95. The molecule has 0 saturated heterocycles. The molecule has 0 heterocycles. The molecule has 250 valence electrons. The van der Waals surface area contributed by atoms with Crippen LogP contribution in [0.2, 0.25) is 0 Å². The van der Waals surface area contributed by atoms with E-state index in [1.807, 2.05) is 0 Å². The molecule has 0 fully saturated rings. The number of carboxylic acid groups (broad SMARTS) is 1. The third-order valence-corrected chi connectivity index (χ3v) is 5.33. The van der Waals surface area contributed by atoms with Crippen LogP contribution in [0.5, 0.6) is 0 Å². The Kier molecular flexibility index (Phi) is 11.1. The van der Waals surface area contributed by atoms with Gasteiger partial charge in [0.2, 0.25) is 0 Å². The lowest BCUT2D eigenvalue weighted by Gasteiger charge is -2.43. The van der Waals surface area contributed by atoms with Gasteiger partial charge in [0.1, 0.15) is 6.10 Å². The van der Waals surface area contributed by atoms with Crippen molar-refractivity contribution in [1.82, 2.24) is 10.9 Å². The number of ether oxygens (including phenoxy) is 1. The zero-order valence-corrected chi connectivity index (χ0v) is 21.0. The molecule has 6 nitrogen and oxygen atoms in total. The number of hydrazine groups is 1. The number of rotatable bonds is 12. The van der Waals surface area contributed by atoms with E-state index in [4.69, 9.17) is 5.11 Å². The van der Waals surface area contributed by atoms with Crippen LogP contribution >= 0.6 is 0 Å². The first kappa shape index (κ1) is 39.4. The van der Waals surface area contributed by atoms with E-state index in [9.17, 15) is 84.2 Å². The Morgan fingerprint density at radius 1 is 0.595 bits per heavy atom. The zero-order valence-electron chi connectivity index (χ0n) is 21.0.